The van der Waals surface area contributed by atoms with E-state index in [1.54, 1.807) is 12.3 Å². The van der Waals surface area contributed by atoms with Crippen molar-refractivity contribution >= 4 is 24.8 Å². The highest BCUT2D eigenvalue weighted by atomic mass is 35.5. The second-order valence-electron chi connectivity index (χ2n) is 1.74. The second kappa shape index (κ2) is 7.09. The van der Waals surface area contributed by atoms with E-state index in [0.717, 1.165) is 5.69 Å². The number of methoxy groups -OCH3 is 1. The average molecular weight is 212 g/mol. The molecule has 0 radical (unpaired) electrons. The SMILES string of the molecule is COc1nccc(CN)n1.Cl.Cl. The Bertz CT molecular complexity index is 202. The van der Waals surface area contributed by atoms with Crippen molar-refractivity contribution in [2.75, 3.05) is 7.11 Å². The van der Waals surface area contributed by atoms with E-state index in [9.17, 15) is 0 Å². The molecule has 1 aromatic rings. The quantitative estimate of drug-likeness (QED) is 0.787. The van der Waals surface area contributed by atoms with Gasteiger partial charge in [-0.2, -0.15) is 4.98 Å². The lowest BCUT2D eigenvalue weighted by Gasteiger charge is -1.97. The normalized spacial score (nSPS) is 7.83. The summed E-state index contributed by atoms with van der Waals surface area (Å²) < 4.78 is 4.78. The van der Waals surface area contributed by atoms with Crippen LogP contribution < -0.4 is 10.5 Å². The number of hydrogen-bond donors (Lipinski definition) is 1. The predicted molar refractivity (Wildman–Crippen MR) is 51.0 cm³/mol. The number of aromatic nitrogens is 2. The van der Waals surface area contributed by atoms with E-state index < -0.39 is 0 Å². The number of rotatable bonds is 2. The first kappa shape index (κ1) is 14.0. The van der Waals surface area contributed by atoms with Gasteiger partial charge in [-0.3, -0.25) is 0 Å². The van der Waals surface area contributed by atoms with E-state index in [1.165, 1.54) is 7.11 Å². The molecule has 4 nitrogen and oxygen atoms in total. The largest absolute Gasteiger partial charge is 0.467 e. The topological polar surface area (TPSA) is 61.0 Å². The van der Waals surface area contributed by atoms with Crippen LogP contribution in [0.3, 0.4) is 0 Å². The third-order valence-electron chi connectivity index (χ3n) is 1.08. The molecule has 0 spiro atoms. The molecule has 0 aromatic carbocycles. The van der Waals surface area contributed by atoms with E-state index in [-0.39, 0.29) is 24.8 Å². The fourth-order valence-electron chi connectivity index (χ4n) is 0.588. The first-order valence-corrected chi connectivity index (χ1v) is 2.93. The monoisotopic (exact) mass is 211 g/mol. The van der Waals surface area contributed by atoms with Gasteiger partial charge in [0.15, 0.2) is 0 Å². The van der Waals surface area contributed by atoms with Crippen molar-refractivity contribution in [2.45, 2.75) is 6.54 Å². The first-order chi connectivity index (χ1) is 4.86. The lowest BCUT2D eigenvalue weighted by atomic mass is 10.4. The zero-order valence-electron chi connectivity index (χ0n) is 6.56. The van der Waals surface area contributed by atoms with E-state index in [0.29, 0.717) is 12.6 Å². The molecule has 2 N–H and O–H groups in total. The highest BCUT2D eigenvalue weighted by molar-refractivity contribution is 5.85. The van der Waals surface area contributed by atoms with Crippen molar-refractivity contribution in [3.05, 3.63) is 18.0 Å². The molecule has 0 bridgehead atoms. The molecule has 70 valence electrons. The summed E-state index contributed by atoms with van der Waals surface area (Å²) in [6.45, 7) is 0.416. The smallest absolute Gasteiger partial charge is 0.316 e. The lowest BCUT2D eigenvalue weighted by Crippen LogP contribution is -2.01. The van der Waals surface area contributed by atoms with Gasteiger partial charge in [0, 0.05) is 12.7 Å². The van der Waals surface area contributed by atoms with Gasteiger partial charge in [-0.25, -0.2) is 4.98 Å². The Hall–Kier alpha value is -0.580. The summed E-state index contributed by atoms with van der Waals surface area (Å²) in [6.07, 6.45) is 1.62. The minimum atomic E-state index is 0. The number of ether oxygens (including phenoxy) is 1. The Morgan fingerprint density at radius 3 is 2.67 bits per heavy atom. The Kier molecular flexibility index (Phi) is 8.26. The molecule has 0 atom stereocenters. The van der Waals surface area contributed by atoms with Crippen LogP contribution in [0.25, 0.3) is 0 Å². The minimum Gasteiger partial charge on any atom is -0.467 e. The summed E-state index contributed by atoms with van der Waals surface area (Å²) in [6, 6.07) is 2.12. The third kappa shape index (κ3) is 3.71. The molecule has 1 heterocycles. The number of nitrogens with two attached hydrogens (primary N) is 1. The maximum Gasteiger partial charge on any atom is 0.316 e. The molecule has 0 aliphatic carbocycles. The fourth-order valence-corrected chi connectivity index (χ4v) is 0.588. The van der Waals surface area contributed by atoms with Gasteiger partial charge in [0.05, 0.1) is 12.8 Å². The summed E-state index contributed by atoms with van der Waals surface area (Å²) in [5.41, 5.74) is 6.11. The summed E-state index contributed by atoms with van der Waals surface area (Å²) in [5, 5.41) is 0. The summed E-state index contributed by atoms with van der Waals surface area (Å²) in [4.78, 5) is 7.77. The van der Waals surface area contributed by atoms with Crippen molar-refractivity contribution in [3.8, 4) is 6.01 Å². The molecule has 12 heavy (non-hydrogen) atoms. The number of hydrogen-bond acceptors (Lipinski definition) is 4. The predicted octanol–water partition coefficient (Wildman–Crippen LogP) is 0.787. The molecule has 0 amide bonds. The van der Waals surface area contributed by atoms with E-state index in [2.05, 4.69) is 9.97 Å². The van der Waals surface area contributed by atoms with Gasteiger partial charge in [0.25, 0.3) is 0 Å². The van der Waals surface area contributed by atoms with Crippen LogP contribution in [0.1, 0.15) is 5.69 Å². The molecule has 0 aliphatic heterocycles. The Balaban J connectivity index is 0. The first-order valence-electron chi connectivity index (χ1n) is 2.93. The third-order valence-corrected chi connectivity index (χ3v) is 1.08. The molecular weight excluding hydrogens is 201 g/mol. The standard InChI is InChI=1S/C6H9N3O.2ClH/c1-10-6-8-3-2-5(4-7)9-6;;/h2-3H,4,7H2,1H3;2*1H. The van der Waals surface area contributed by atoms with E-state index >= 15 is 0 Å². The van der Waals surface area contributed by atoms with E-state index in [1.807, 2.05) is 0 Å². The highest BCUT2D eigenvalue weighted by Crippen LogP contribution is 1.99. The number of halogens is 2. The van der Waals surface area contributed by atoms with Gasteiger partial charge >= 0.3 is 6.01 Å². The summed E-state index contributed by atoms with van der Waals surface area (Å²) in [5.74, 6) is 0. The average Bonchev–Trinajstić information content (AvgIpc) is 2.05. The molecule has 0 aliphatic rings. The zero-order chi connectivity index (χ0) is 7.40. The van der Waals surface area contributed by atoms with Crippen LogP contribution in [-0.4, -0.2) is 17.1 Å². The van der Waals surface area contributed by atoms with Crippen LogP contribution in [0.5, 0.6) is 6.01 Å². The van der Waals surface area contributed by atoms with Crippen molar-refractivity contribution in [3.63, 3.8) is 0 Å². The van der Waals surface area contributed by atoms with Crippen LogP contribution in [-0.2, 0) is 6.54 Å². The maximum atomic E-state index is 5.33. The Labute approximate surface area is 83.4 Å². The number of nitrogens with zero attached hydrogens (tertiary/aromatic N) is 2. The van der Waals surface area contributed by atoms with Crippen LogP contribution in [0, 0.1) is 0 Å². The summed E-state index contributed by atoms with van der Waals surface area (Å²) in [7, 11) is 1.52. The minimum absolute atomic E-state index is 0. The molecule has 0 unspecified atom stereocenters. The Morgan fingerprint density at radius 2 is 2.17 bits per heavy atom. The van der Waals surface area contributed by atoms with Gasteiger partial charge in [0.2, 0.25) is 0 Å². The van der Waals surface area contributed by atoms with Crippen molar-refractivity contribution in [1.82, 2.24) is 9.97 Å². The highest BCUT2D eigenvalue weighted by Gasteiger charge is 1.94. The summed E-state index contributed by atoms with van der Waals surface area (Å²) >= 11 is 0. The van der Waals surface area contributed by atoms with Crippen LogP contribution in [0.4, 0.5) is 0 Å². The Morgan fingerprint density at radius 1 is 1.50 bits per heavy atom. The van der Waals surface area contributed by atoms with Crippen LogP contribution >= 0.6 is 24.8 Å². The molecule has 1 aromatic heterocycles. The van der Waals surface area contributed by atoms with Crippen LogP contribution in [0.2, 0.25) is 0 Å². The molecule has 0 fully saturated rings. The maximum absolute atomic E-state index is 5.33. The molecule has 6 heteroatoms. The van der Waals surface area contributed by atoms with Gasteiger partial charge in [0.1, 0.15) is 0 Å². The molecule has 1 rings (SSSR count). The van der Waals surface area contributed by atoms with Crippen molar-refractivity contribution < 1.29 is 4.74 Å². The van der Waals surface area contributed by atoms with Gasteiger partial charge in [-0.05, 0) is 6.07 Å². The van der Waals surface area contributed by atoms with E-state index in [4.69, 9.17) is 10.5 Å². The zero-order valence-corrected chi connectivity index (χ0v) is 8.19. The molecule has 0 saturated carbocycles. The molecule has 0 saturated heterocycles. The van der Waals surface area contributed by atoms with Gasteiger partial charge < -0.3 is 10.5 Å². The van der Waals surface area contributed by atoms with Crippen molar-refractivity contribution in [2.24, 2.45) is 5.73 Å². The van der Waals surface area contributed by atoms with Gasteiger partial charge in [-0.1, -0.05) is 0 Å². The van der Waals surface area contributed by atoms with Crippen LogP contribution in [0.15, 0.2) is 12.3 Å². The van der Waals surface area contributed by atoms with Gasteiger partial charge in [-0.15, -0.1) is 24.8 Å². The molecular formula is C6H11Cl2N3O. The van der Waals surface area contributed by atoms with Crippen molar-refractivity contribution in [1.29, 1.82) is 0 Å². The fraction of sp³-hybridized carbons (Fsp3) is 0.333. The second-order valence-corrected chi connectivity index (χ2v) is 1.74. The lowest BCUT2D eigenvalue weighted by molar-refractivity contribution is 0.378.